The summed E-state index contributed by atoms with van der Waals surface area (Å²) in [4.78, 5) is 10.7. The standard InChI is InChI=1S/C9H11BrN4/c1-13(2)9-12-7-4-6(10)5-11-8(7)14(9)3/h4-5H,1-3H3. The van der Waals surface area contributed by atoms with Crippen LogP contribution in [0.2, 0.25) is 0 Å². The summed E-state index contributed by atoms with van der Waals surface area (Å²) in [5.74, 6) is 0.908. The van der Waals surface area contributed by atoms with E-state index in [2.05, 4.69) is 25.9 Å². The summed E-state index contributed by atoms with van der Waals surface area (Å²) in [7, 11) is 5.90. The predicted octanol–water partition coefficient (Wildman–Crippen LogP) is 1.80. The molecule has 5 heteroatoms. The van der Waals surface area contributed by atoms with Crippen LogP contribution in [0.3, 0.4) is 0 Å². The van der Waals surface area contributed by atoms with Gasteiger partial charge < -0.3 is 4.90 Å². The first-order valence-corrected chi connectivity index (χ1v) is 5.04. The van der Waals surface area contributed by atoms with Crippen LogP contribution in [0.5, 0.6) is 0 Å². The zero-order chi connectivity index (χ0) is 10.3. The van der Waals surface area contributed by atoms with E-state index in [1.807, 2.05) is 36.7 Å². The van der Waals surface area contributed by atoms with Crippen molar-refractivity contribution in [3.05, 3.63) is 16.7 Å². The summed E-state index contributed by atoms with van der Waals surface area (Å²) in [6, 6.07) is 1.97. The molecule has 0 bridgehead atoms. The molecular formula is C9H11BrN4. The van der Waals surface area contributed by atoms with Gasteiger partial charge in [-0.2, -0.15) is 0 Å². The topological polar surface area (TPSA) is 34.0 Å². The Kier molecular flexibility index (Phi) is 2.19. The number of rotatable bonds is 1. The molecule has 14 heavy (non-hydrogen) atoms. The van der Waals surface area contributed by atoms with E-state index in [1.54, 1.807) is 6.20 Å². The van der Waals surface area contributed by atoms with Crippen molar-refractivity contribution in [3.8, 4) is 0 Å². The molecule has 2 heterocycles. The molecule has 0 saturated carbocycles. The van der Waals surface area contributed by atoms with Gasteiger partial charge in [-0.05, 0) is 22.0 Å². The van der Waals surface area contributed by atoms with Crippen LogP contribution in [0.15, 0.2) is 16.7 Å². The number of aryl methyl sites for hydroxylation is 1. The second-order valence-electron chi connectivity index (χ2n) is 3.36. The molecule has 74 valence electrons. The van der Waals surface area contributed by atoms with Gasteiger partial charge in [-0.1, -0.05) is 0 Å². The maximum atomic E-state index is 4.47. The Morgan fingerprint density at radius 1 is 1.43 bits per heavy atom. The molecule has 0 radical (unpaired) electrons. The van der Waals surface area contributed by atoms with E-state index in [0.29, 0.717) is 0 Å². The molecule has 0 aliphatic carbocycles. The predicted molar refractivity (Wildman–Crippen MR) is 60.5 cm³/mol. The van der Waals surface area contributed by atoms with Crippen molar-refractivity contribution >= 4 is 33.0 Å². The second kappa shape index (κ2) is 3.24. The van der Waals surface area contributed by atoms with E-state index in [-0.39, 0.29) is 0 Å². The average molecular weight is 255 g/mol. The zero-order valence-electron chi connectivity index (χ0n) is 8.32. The van der Waals surface area contributed by atoms with Crippen molar-refractivity contribution < 1.29 is 0 Å². The third kappa shape index (κ3) is 1.37. The Bertz CT molecular complexity index is 475. The molecule has 0 amide bonds. The molecule has 0 aliphatic rings. The van der Waals surface area contributed by atoms with Gasteiger partial charge in [0.25, 0.3) is 0 Å². The molecule has 2 rings (SSSR count). The summed E-state index contributed by atoms with van der Waals surface area (Å²) >= 11 is 3.38. The first kappa shape index (κ1) is 9.45. The lowest BCUT2D eigenvalue weighted by Gasteiger charge is -2.10. The summed E-state index contributed by atoms with van der Waals surface area (Å²) < 4.78 is 2.93. The third-order valence-corrected chi connectivity index (χ3v) is 2.49. The van der Waals surface area contributed by atoms with Crippen LogP contribution in [0.4, 0.5) is 5.95 Å². The first-order chi connectivity index (χ1) is 6.59. The van der Waals surface area contributed by atoms with Crippen LogP contribution in [-0.2, 0) is 7.05 Å². The van der Waals surface area contributed by atoms with E-state index < -0.39 is 0 Å². The maximum Gasteiger partial charge on any atom is 0.206 e. The molecule has 0 N–H and O–H groups in total. The average Bonchev–Trinajstić information content (AvgIpc) is 2.43. The fraction of sp³-hybridized carbons (Fsp3) is 0.333. The molecule has 0 unspecified atom stereocenters. The van der Waals surface area contributed by atoms with Gasteiger partial charge >= 0.3 is 0 Å². The van der Waals surface area contributed by atoms with Crippen LogP contribution < -0.4 is 4.90 Å². The largest absolute Gasteiger partial charge is 0.348 e. The Labute approximate surface area is 90.7 Å². The Morgan fingerprint density at radius 3 is 2.79 bits per heavy atom. The maximum absolute atomic E-state index is 4.47. The monoisotopic (exact) mass is 254 g/mol. The molecule has 0 fully saturated rings. The van der Waals surface area contributed by atoms with E-state index >= 15 is 0 Å². The minimum atomic E-state index is 0.900. The van der Waals surface area contributed by atoms with Crippen LogP contribution in [0, 0.1) is 0 Å². The SMILES string of the molecule is CN(C)c1nc2cc(Br)cnc2n1C. The molecule has 2 aromatic heterocycles. The Hall–Kier alpha value is -1.10. The van der Waals surface area contributed by atoms with Crippen molar-refractivity contribution in [3.63, 3.8) is 0 Å². The summed E-state index contributed by atoms with van der Waals surface area (Å²) in [6.07, 6.45) is 1.78. The normalized spacial score (nSPS) is 10.9. The number of anilines is 1. The number of aromatic nitrogens is 3. The fourth-order valence-corrected chi connectivity index (χ4v) is 1.76. The van der Waals surface area contributed by atoms with E-state index in [1.165, 1.54) is 0 Å². The van der Waals surface area contributed by atoms with Gasteiger partial charge in [0.05, 0.1) is 0 Å². The van der Waals surface area contributed by atoms with Crippen molar-refractivity contribution in [1.29, 1.82) is 0 Å². The van der Waals surface area contributed by atoms with Gasteiger partial charge in [-0.3, -0.25) is 4.57 Å². The van der Waals surface area contributed by atoms with Crippen LogP contribution in [-0.4, -0.2) is 28.6 Å². The Balaban J connectivity index is 2.73. The summed E-state index contributed by atoms with van der Waals surface area (Å²) in [5, 5.41) is 0. The minimum Gasteiger partial charge on any atom is -0.348 e. The number of hydrogen-bond donors (Lipinski definition) is 0. The first-order valence-electron chi connectivity index (χ1n) is 4.25. The highest BCUT2D eigenvalue weighted by Crippen LogP contribution is 2.20. The van der Waals surface area contributed by atoms with Crippen molar-refractivity contribution in [1.82, 2.24) is 14.5 Å². The minimum absolute atomic E-state index is 0.900. The molecule has 2 aromatic rings. The van der Waals surface area contributed by atoms with Gasteiger partial charge in [0.1, 0.15) is 5.52 Å². The van der Waals surface area contributed by atoms with E-state index in [9.17, 15) is 0 Å². The number of imidazole rings is 1. The lowest BCUT2D eigenvalue weighted by Crippen LogP contribution is -2.13. The molecule has 0 spiro atoms. The summed E-state index contributed by atoms with van der Waals surface area (Å²) in [5.41, 5.74) is 1.81. The van der Waals surface area contributed by atoms with Crippen molar-refractivity contribution in [2.24, 2.45) is 7.05 Å². The quantitative estimate of drug-likeness (QED) is 0.779. The van der Waals surface area contributed by atoms with Gasteiger partial charge in [0.15, 0.2) is 5.65 Å². The van der Waals surface area contributed by atoms with Gasteiger partial charge in [0, 0.05) is 31.8 Å². The second-order valence-corrected chi connectivity index (χ2v) is 4.28. The van der Waals surface area contributed by atoms with E-state index in [4.69, 9.17) is 0 Å². The van der Waals surface area contributed by atoms with Gasteiger partial charge in [0.2, 0.25) is 5.95 Å². The number of nitrogens with zero attached hydrogens (tertiary/aromatic N) is 4. The van der Waals surface area contributed by atoms with Crippen LogP contribution >= 0.6 is 15.9 Å². The smallest absolute Gasteiger partial charge is 0.206 e. The highest BCUT2D eigenvalue weighted by molar-refractivity contribution is 9.10. The molecular weight excluding hydrogens is 244 g/mol. The van der Waals surface area contributed by atoms with Gasteiger partial charge in [-0.25, -0.2) is 9.97 Å². The highest BCUT2D eigenvalue weighted by atomic mass is 79.9. The number of fused-ring (bicyclic) bond motifs is 1. The van der Waals surface area contributed by atoms with E-state index in [0.717, 1.165) is 21.6 Å². The Morgan fingerprint density at radius 2 is 2.14 bits per heavy atom. The molecule has 0 atom stereocenters. The number of pyridine rings is 1. The van der Waals surface area contributed by atoms with Gasteiger partial charge in [-0.15, -0.1) is 0 Å². The summed E-state index contributed by atoms with van der Waals surface area (Å²) in [6.45, 7) is 0. The lowest BCUT2D eigenvalue weighted by molar-refractivity contribution is 0.880. The number of halogens is 1. The molecule has 0 saturated heterocycles. The highest BCUT2D eigenvalue weighted by Gasteiger charge is 2.09. The third-order valence-electron chi connectivity index (χ3n) is 2.05. The molecule has 0 aromatic carbocycles. The van der Waals surface area contributed by atoms with Crippen molar-refractivity contribution in [2.75, 3.05) is 19.0 Å². The van der Waals surface area contributed by atoms with Crippen LogP contribution in [0.1, 0.15) is 0 Å². The van der Waals surface area contributed by atoms with Crippen LogP contribution in [0.25, 0.3) is 11.2 Å². The molecule has 0 aliphatic heterocycles. The lowest BCUT2D eigenvalue weighted by atomic mass is 10.4. The molecule has 4 nitrogen and oxygen atoms in total. The van der Waals surface area contributed by atoms with Crippen molar-refractivity contribution in [2.45, 2.75) is 0 Å². The fourth-order valence-electron chi connectivity index (χ4n) is 1.44. The number of hydrogen-bond acceptors (Lipinski definition) is 3. The zero-order valence-corrected chi connectivity index (χ0v) is 9.91.